The van der Waals surface area contributed by atoms with Crippen molar-refractivity contribution in [2.24, 2.45) is 5.73 Å². The van der Waals surface area contributed by atoms with Gasteiger partial charge in [-0.2, -0.15) is 0 Å². The fourth-order valence-electron chi connectivity index (χ4n) is 1.91. The average Bonchev–Trinajstić information content (AvgIpc) is 2.39. The van der Waals surface area contributed by atoms with Gasteiger partial charge in [0.1, 0.15) is 11.4 Å². The first-order valence-corrected chi connectivity index (χ1v) is 6.81. The fraction of sp³-hybridized carbons (Fsp3) is 0.133. The first kappa shape index (κ1) is 14.5. The number of anilines is 1. The van der Waals surface area contributed by atoms with Gasteiger partial charge in [-0.25, -0.2) is 4.39 Å². The molecule has 5 heteroatoms. The molecule has 2 rings (SSSR count). The molecule has 1 amide bonds. The zero-order valence-corrected chi connectivity index (χ0v) is 12.4. The first-order valence-electron chi connectivity index (χ1n) is 6.01. The number of nitrogens with two attached hydrogens (primary N) is 1. The predicted molar refractivity (Wildman–Crippen MR) is 80.7 cm³/mol. The Bertz CT molecular complexity index is 630. The third-order valence-electron chi connectivity index (χ3n) is 3.13. The molecule has 0 radical (unpaired) electrons. The Balaban J connectivity index is 2.39. The van der Waals surface area contributed by atoms with E-state index in [0.717, 1.165) is 10.2 Å². The molecule has 0 aliphatic heterocycles. The number of hydrogen-bond donors (Lipinski definition) is 2. The Morgan fingerprint density at radius 2 is 1.90 bits per heavy atom. The summed E-state index contributed by atoms with van der Waals surface area (Å²) in [6.07, 6.45) is 0. The van der Waals surface area contributed by atoms with Crippen molar-refractivity contribution < 1.29 is 9.18 Å². The van der Waals surface area contributed by atoms with E-state index >= 15 is 0 Å². The molecule has 0 heterocycles. The number of rotatable bonds is 4. The van der Waals surface area contributed by atoms with Crippen molar-refractivity contribution in [3.8, 4) is 0 Å². The van der Waals surface area contributed by atoms with Crippen LogP contribution in [0.25, 0.3) is 0 Å². The maximum atomic E-state index is 13.0. The summed E-state index contributed by atoms with van der Waals surface area (Å²) in [6, 6.07) is 13.1. The molecule has 0 aromatic heterocycles. The number of primary amides is 1. The first-order chi connectivity index (χ1) is 9.41. The number of hydrogen-bond acceptors (Lipinski definition) is 2. The molecule has 0 bridgehead atoms. The summed E-state index contributed by atoms with van der Waals surface area (Å²) in [5.74, 6) is -0.896. The highest BCUT2D eigenvalue weighted by Gasteiger charge is 2.33. The van der Waals surface area contributed by atoms with Gasteiger partial charge in [0.25, 0.3) is 0 Å². The summed E-state index contributed by atoms with van der Waals surface area (Å²) < 4.78 is 13.9. The number of halogens is 2. The van der Waals surface area contributed by atoms with Crippen molar-refractivity contribution in [1.82, 2.24) is 0 Å². The third kappa shape index (κ3) is 2.99. The Hall–Kier alpha value is -1.88. The zero-order chi connectivity index (χ0) is 14.8. The van der Waals surface area contributed by atoms with Gasteiger partial charge in [0, 0.05) is 10.2 Å². The normalized spacial score (nSPS) is 13.6. The van der Waals surface area contributed by atoms with Crippen LogP contribution in [0.4, 0.5) is 10.1 Å². The van der Waals surface area contributed by atoms with Crippen molar-refractivity contribution in [1.29, 1.82) is 0 Å². The fourth-order valence-corrected chi connectivity index (χ4v) is 2.31. The topological polar surface area (TPSA) is 55.1 Å². The van der Waals surface area contributed by atoms with Gasteiger partial charge in [-0.05, 0) is 42.8 Å². The Morgan fingerprint density at radius 3 is 2.45 bits per heavy atom. The van der Waals surface area contributed by atoms with Crippen LogP contribution in [0.3, 0.4) is 0 Å². The molecule has 104 valence electrons. The third-order valence-corrected chi connectivity index (χ3v) is 3.63. The van der Waals surface area contributed by atoms with Crippen LogP contribution in [0.15, 0.2) is 53.0 Å². The SMILES string of the molecule is CC(Nc1cccc(Br)c1)(C(N)=O)c1ccc(F)cc1. The van der Waals surface area contributed by atoms with E-state index in [1.165, 1.54) is 12.1 Å². The standard InChI is InChI=1S/C15H14BrFN2O/c1-15(14(18)20,10-5-7-12(17)8-6-10)19-13-4-2-3-11(16)9-13/h2-9,19H,1H3,(H2,18,20). The van der Waals surface area contributed by atoms with Gasteiger partial charge in [0.15, 0.2) is 0 Å². The lowest BCUT2D eigenvalue weighted by Crippen LogP contribution is -2.45. The van der Waals surface area contributed by atoms with Gasteiger partial charge in [-0.1, -0.05) is 34.1 Å². The van der Waals surface area contributed by atoms with Gasteiger partial charge in [0.05, 0.1) is 0 Å². The van der Waals surface area contributed by atoms with E-state index in [4.69, 9.17) is 5.73 Å². The Kier molecular flexibility index (Phi) is 4.09. The summed E-state index contributed by atoms with van der Waals surface area (Å²) in [4.78, 5) is 11.9. The van der Waals surface area contributed by atoms with Crippen molar-refractivity contribution in [2.45, 2.75) is 12.5 Å². The van der Waals surface area contributed by atoms with Crippen LogP contribution >= 0.6 is 15.9 Å². The van der Waals surface area contributed by atoms with Crippen molar-refractivity contribution in [3.05, 3.63) is 64.4 Å². The van der Waals surface area contributed by atoms with Gasteiger partial charge >= 0.3 is 0 Å². The lowest BCUT2D eigenvalue weighted by molar-refractivity contribution is -0.122. The van der Waals surface area contributed by atoms with Gasteiger partial charge < -0.3 is 11.1 Å². The molecular formula is C15H14BrFN2O. The van der Waals surface area contributed by atoms with Crippen LogP contribution in [0.2, 0.25) is 0 Å². The number of carbonyl (C=O) groups excluding carboxylic acids is 1. The molecule has 2 aromatic rings. The lowest BCUT2D eigenvalue weighted by atomic mass is 9.91. The smallest absolute Gasteiger partial charge is 0.247 e. The minimum absolute atomic E-state index is 0.358. The molecule has 0 aliphatic carbocycles. The summed E-state index contributed by atoms with van der Waals surface area (Å²) in [7, 11) is 0. The predicted octanol–water partition coefficient (Wildman–Crippen LogP) is 3.40. The minimum Gasteiger partial charge on any atom is -0.368 e. The van der Waals surface area contributed by atoms with E-state index in [-0.39, 0.29) is 5.82 Å². The molecule has 0 spiro atoms. The highest BCUT2D eigenvalue weighted by molar-refractivity contribution is 9.10. The van der Waals surface area contributed by atoms with E-state index in [1.54, 1.807) is 19.1 Å². The van der Waals surface area contributed by atoms with E-state index in [1.807, 2.05) is 24.3 Å². The van der Waals surface area contributed by atoms with Gasteiger partial charge in [-0.3, -0.25) is 4.79 Å². The van der Waals surface area contributed by atoms with E-state index < -0.39 is 11.4 Å². The molecule has 3 nitrogen and oxygen atoms in total. The zero-order valence-electron chi connectivity index (χ0n) is 10.9. The van der Waals surface area contributed by atoms with Crippen LogP contribution in [0.1, 0.15) is 12.5 Å². The summed E-state index contributed by atoms with van der Waals surface area (Å²) >= 11 is 3.37. The molecule has 3 N–H and O–H groups in total. The number of benzene rings is 2. The average molecular weight is 337 g/mol. The molecule has 1 unspecified atom stereocenters. The van der Waals surface area contributed by atoms with E-state index in [2.05, 4.69) is 21.2 Å². The number of carbonyl (C=O) groups is 1. The highest BCUT2D eigenvalue weighted by atomic mass is 79.9. The van der Waals surface area contributed by atoms with Crippen molar-refractivity contribution in [2.75, 3.05) is 5.32 Å². The van der Waals surface area contributed by atoms with Gasteiger partial charge in [-0.15, -0.1) is 0 Å². The molecule has 0 aliphatic rings. The lowest BCUT2D eigenvalue weighted by Gasteiger charge is -2.29. The second kappa shape index (κ2) is 5.63. The monoisotopic (exact) mass is 336 g/mol. The maximum absolute atomic E-state index is 13.0. The molecular weight excluding hydrogens is 323 g/mol. The van der Waals surface area contributed by atoms with Crippen molar-refractivity contribution >= 4 is 27.5 Å². The Morgan fingerprint density at radius 1 is 1.25 bits per heavy atom. The van der Waals surface area contributed by atoms with Crippen LogP contribution in [-0.4, -0.2) is 5.91 Å². The number of nitrogens with one attached hydrogen (secondary N) is 1. The molecule has 1 atom stereocenters. The van der Waals surface area contributed by atoms with Crippen LogP contribution in [0, 0.1) is 5.82 Å². The molecule has 20 heavy (non-hydrogen) atoms. The number of amides is 1. The van der Waals surface area contributed by atoms with Crippen LogP contribution < -0.4 is 11.1 Å². The largest absolute Gasteiger partial charge is 0.368 e. The Labute approximate surface area is 125 Å². The second-order valence-electron chi connectivity index (χ2n) is 4.63. The van der Waals surface area contributed by atoms with Crippen LogP contribution in [0.5, 0.6) is 0 Å². The summed E-state index contributed by atoms with van der Waals surface area (Å²) in [5, 5.41) is 3.10. The molecule has 0 saturated heterocycles. The van der Waals surface area contributed by atoms with Gasteiger partial charge in [0.2, 0.25) is 5.91 Å². The summed E-state index contributed by atoms with van der Waals surface area (Å²) in [6.45, 7) is 1.67. The van der Waals surface area contributed by atoms with E-state index in [9.17, 15) is 9.18 Å². The van der Waals surface area contributed by atoms with E-state index in [0.29, 0.717) is 5.56 Å². The maximum Gasteiger partial charge on any atom is 0.247 e. The van der Waals surface area contributed by atoms with Crippen molar-refractivity contribution in [3.63, 3.8) is 0 Å². The molecule has 0 fully saturated rings. The highest BCUT2D eigenvalue weighted by Crippen LogP contribution is 2.27. The summed E-state index contributed by atoms with van der Waals surface area (Å²) in [5.41, 5.74) is 5.75. The second-order valence-corrected chi connectivity index (χ2v) is 5.55. The molecule has 2 aromatic carbocycles. The quantitative estimate of drug-likeness (QED) is 0.898. The molecule has 0 saturated carbocycles. The minimum atomic E-state index is -1.12. The van der Waals surface area contributed by atoms with Crippen LogP contribution in [-0.2, 0) is 10.3 Å².